The lowest BCUT2D eigenvalue weighted by atomic mass is 10.1. The van der Waals surface area contributed by atoms with E-state index in [0.29, 0.717) is 55.4 Å². The molecule has 8 heteroatoms. The molecule has 1 aliphatic heterocycles. The molecule has 7 nitrogen and oxygen atoms in total. The largest absolute Gasteiger partial charge is 0.378 e. The number of rotatable bonds is 5. The van der Waals surface area contributed by atoms with Crippen LogP contribution >= 0.6 is 11.6 Å². The highest BCUT2D eigenvalue weighted by atomic mass is 35.5. The summed E-state index contributed by atoms with van der Waals surface area (Å²) in [5, 5.41) is 7.55. The van der Waals surface area contributed by atoms with Crippen molar-refractivity contribution in [2.24, 2.45) is 0 Å². The second-order valence-electron chi connectivity index (χ2n) is 7.33. The zero-order chi connectivity index (χ0) is 21.8. The van der Waals surface area contributed by atoms with Gasteiger partial charge in [0.25, 0.3) is 11.8 Å². The van der Waals surface area contributed by atoms with Crippen molar-refractivity contribution in [3.05, 3.63) is 82.1 Å². The van der Waals surface area contributed by atoms with Gasteiger partial charge in [-0.15, -0.1) is 0 Å². The standard InChI is InChI=1S/C23H23ClN4O3/c1-16-20(21(24)28(26-16)15-17-6-3-2-4-7-17)22(29)25-19-9-5-8-18(14-19)23(30)27-10-12-31-13-11-27/h2-9,14H,10-13,15H2,1H3,(H,25,29). The van der Waals surface area contributed by atoms with Gasteiger partial charge < -0.3 is 15.0 Å². The van der Waals surface area contributed by atoms with Crippen molar-refractivity contribution >= 4 is 29.1 Å². The minimum atomic E-state index is -0.363. The van der Waals surface area contributed by atoms with Gasteiger partial charge in [-0.3, -0.25) is 9.59 Å². The van der Waals surface area contributed by atoms with Gasteiger partial charge in [0, 0.05) is 24.3 Å². The highest BCUT2D eigenvalue weighted by molar-refractivity contribution is 6.33. The Morgan fingerprint density at radius 1 is 1.10 bits per heavy atom. The number of hydrogen-bond donors (Lipinski definition) is 1. The first-order valence-corrected chi connectivity index (χ1v) is 10.5. The van der Waals surface area contributed by atoms with Crippen molar-refractivity contribution in [2.45, 2.75) is 13.5 Å². The van der Waals surface area contributed by atoms with Gasteiger partial charge in [-0.25, -0.2) is 4.68 Å². The van der Waals surface area contributed by atoms with Gasteiger partial charge in [0.2, 0.25) is 0 Å². The molecule has 0 bridgehead atoms. The molecule has 2 heterocycles. The van der Waals surface area contributed by atoms with Gasteiger partial charge in [0.15, 0.2) is 0 Å². The van der Waals surface area contributed by atoms with Gasteiger partial charge in [-0.1, -0.05) is 48.0 Å². The van der Waals surface area contributed by atoms with E-state index in [4.69, 9.17) is 16.3 Å². The Bertz CT molecular complexity index is 1090. The number of anilines is 1. The van der Waals surface area contributed by atoms with Gasteiger partial charge in [-0.2, -0.15) is 5.10 Å². The molecule has 31 heavy (non-hydrogen) atoms. The number of ether oxygens (including phenoxy) is 1. The first-order valence-electron chi connectivity index (χ1n) is 10.1. The van der Waals surface area contributed by atoms with Crippen LogP contribution < -0.4 is 5.32 Å². The Labute approximate surface area is 185 Å². The zero-order valence-electron chi connectivity index (χ0n) is 17.2. The van der Waals surface area contributed by atoms with Crippen molar-refractivity contribution in [1.29, 1.82) is 0 Å². The summed E-state index contributed by atoms with van der Waals surface area (Å²) in [6, 6.07) is 16.7. The number of morpholine rings is 1. The van der Waals surface area contributed by atoms with Crippen molar-refractivity contribution in [1.82, 2.24) is 14.7 Å². The van der Waals surface area contributed by atoms with E-state index >= 15 is 0 Å². The fourth-order valence-electron chi connectivity index (χ4n) is 3.54. The molecule has 0 radical (unpaired) electrons. The van der Waals surface area contributed by atoms with Crippen LogP contribution in [-0.4, -0.2) is 52.8 Å². The van der Waals surface area contributed by atoms with Crippen LogP contribution in [0.25, 0.3) is 0 Å². The minimum Gasteiger partial charge on any atom is -0.378 e. The fraction of sp³-hybridized carbons (Fsp3) is 0.261. The van der Waals surface area contributed by atoms with Crippen molar-refractivity contribution in [3.63, 3.8) is 0 Å². The summed E-state index contributed by atoms with van der Waals surface area (Å²) in [4.78, 5) is 27.4. The smallest absolute Gasteiger partial charge is 0.260 e. The average molecular weight is 439 g/mol. The summed E-state index contributed by atoms with van der Waals surface area (Å²) in [6.07, 6.45) is 0. The molecule has 1 saturated heterocycles. The molecule has 0 saturated carbocycles. The van der Waals surface area contributed by atoms with E-state index in [1.807, 2.05) is 30.3 Å². The van der Waals surface area contributed by atoms with E-state index in [2.05, 4.69) is 10.4 Å². The molecule has 2 amide bonds. The Balaban J connectivity index is 1.50. The second kappa shape index (κ2) is 9.32. The number of amides is 2. The second-order valence-corrected chi connectivity index (χ2v) is 7.69. The third kappa shape index (κ3) is 4.78. The summed E-state index contributed by atoms with van der Waals surface area (Å²) in [6.45, 7) is 4.41. The molecule has 1 N–H and O–H groups in total. The lowest BCUT2D eigenvalue weighted by Gasteiger charge is -2.27. The van der Waals surface area contributed by atoms with Crippen LogP contribution in [0.3, 0.4) is 0 Å². The minimum absolute atomic E-state index is 0.0794. The molecule has 0 spiro atoms. The fourth-order valence-corrected chi connectivity index (χ4v) is 3.87. The Kier molecular flexibility index (Phi) is 6.34. The molecular formula is C23H23ClN4O3. The van der Waals surface area contributed by atoms with Crippen LogP contribution in [0, 0.1) is 6.92 Å². The van der Waals surface area contributed by atoms with Crippen molar-refractivity contribution < 1.29 is 14.3 Å². The van der Waals surface area contributed by atoms with E-state index in [9.17, 15) is 9.59 Å². The Morgan fingerprint density at radius 2 is 1.84 bits per heavy atom. The zero-order valence-corrected chi connectivity index (χ0v) is 17.9. The van der Waals surface area contributed by atoms with Crippen LogP contribution in [0.2, 0.25) is 5.15 Å². The molecule has 0 atom stereocenters. The lowest BCUT2D eigenvalue weighted by Crippen LogP contribution is -2.40. The Morgan fingerprint density at radius 3 is 2.58 bits per heavy atom. The van der Waals surface area contributed by atoms with E-state index in [1.165, 1.54) is 0 Å². The summed E-state index contributed by atoms with van der Waals surface area (Å²) < 4.78 is 6.91. The molecule has 1 fully saturated rings. The van der Waals surface area contributed by atoms with Gasteiger partial charge in [0.1, 0.15) is 5.15 Å². The Hall–Kier alpha value is -3.16. The lowest BCUT2D eigenvalue weighted by molar-refractivity contribution is 0.0303. The summed E-state index contributed by atoms with van der Waals surface area (Å²) >= 11 is 6.49. The van der Waals surface area contributed by atoms with E-state index < -0.39 is 0 Å². The summed E-state index contributed by atoms with van der Waals surface area (Å²) in [5.74, 6) is -0.443. The first kappa shape index (κ1) is 21.1. The molecule has 1 aromatic heterocycles. The highest BCUT2D eigenvalue weighted by Gasteiger charge is 2.22. The van der Waals surface area contributed by atoms with Crippen LogP contribution in [0.1, 0.15) is 32.0 Å². The third-order valence-electron chi connectivity index (χ3n) is 5.13. The third-order valence-corrected chi connectivity index (χ3v) is 5.52. The number of nitrogens with zero attached hydrogens (tertiary/aromatic N) is 3. The number of benzene rings is 2. The SMILES string of the molecule is Cc1nn(Cc2ccccc2)c(Cl)c1C(=O)Nc1cccc(C(=O)N2CCOCC2)c1. The molecular weight excluding hydrogens is 416 g/mol. The van der Waals surface area contributed by atoms with Crippen molar-refractivity contribution in [3.8, 4) is 0 Å². The predicted molar refractivity (Wildman–Crippen MR) is 119 cm³/mol. The number of hydrogen-bond acceptors (Lipinski definition) is 4. The molecule has 0 aliphatic carbocycles. The average Bonchev–Trinajstić information content (AvgIpc) is 3.07. The van der Waals surface area contributed by atoms with E-state index in [0.717, 1.165) is 5.56 Å². The first-order chi connectivity index (χ1) is 15.0. The summed E-state index contributed by atoms with van der Waals surface area (Å²) in [7, 11) is 0. The number of carbonyl (C=O) groups is 2. The molecule has 3 aromatic rings. The predicted octanol–water partition coefficient (Wildman–Crippen LogP) is 3.62. The van der Waals surface area contributed by atoms with Crippen molar-refractivity contribution in [2.75, 3.05) is 31.6 Å². The monoisotopic (exact) mass is 438 g/mol. The molecule has 160 valence electrons. The number of halogens is 1. The van der Waals surface area contributed by atoms with Crippen LogP contribution in [0.5, 0.6) is 0 Å². The topological polar surface area (TPSA) is 76.5 Å². The number of carbonyl (C=O) groups excluding carboxylic acids is 2. The highest BCUT2D eigenvalue weighted by Crippen LogP contribution is 2.23. The molecule has 1 aliphatic rings. The van der Waals surface area contributed by atoms with Crippen LogP contribution in [0.15, 0.2) is 54.6 Å². The maximum Gasteiger partial charge on any atom is 0.260 e. The van der Waals surface area contributed by atoms with Gasteiger partial charge >= 0.3 is 0 Å². The maximum atomic E-state index is 12.9. The van der Waals surface area contributed by atoms with Gasteiger partial charge in [-0.05, 0) is 30.7 Å². The van der Waals surface area contributed by atoms with Crippen LogP contribution in [-0.2, 0) is 11.3 Å². The number of aryl methyl sites for hydroxylation is 1. The maximum absolute atomic E-state index is 12.9. The quantitative estimate of drug-likeness (QED) is 0.660. The molecule has 0 unspecified atom stereocenters. The number of nitrogens with one attached hydrogen (secondary N) is 1. The normalized spacial score (nSPS) is 13.8. The summed E-state index contributed by atoms with van der Waals surface area (Å²) in [5.41, 5.74) is 2.94. The van der Waals surface area contributed by atoms with E-state index in [1.54, 1.807) is 40.8 Å². The van der Waals surface area contributed by atoms with Gasteiger partial charge in [0.05, 0.1) is 31.0 Å². The molecule has 4 rings (SSSR count). The van der Waals surface area contributed by atoms with Crippen LogP contribution in [0.4, 0.5) is 5.69 Å². The van der Waals surface area contributed by atoms with E-state index in [-0.39, 0.29) is 17.0 Å². The number of aromatic nitrogens is 2. The molecule has 2 aromatic carbocycles.